The van der Waals surface area contributed by atoms with Crippen LogP contribution in [0.15, 0.2) is 60.2 Å². The van der Waals surface area contributed by atoms with Crippen LogP contribution >= 0.6 is 0 Å². The van der Waals surface area contributed by atoms with Gasteiger partial charge in [0.15, 0.2) is 0 Å². The molecule has 3 rings (SSSR count). The standard InChI is InChI=1S/C22H24N2O4/c1-23(2)12-13-24-19(16-10-7-11-17(14-16)28-3)18(21(26)22(24)27)20(25)15-8-5-4-6-9-15/h4-11,14,19,25H,12-13H2,1-3H3/p+1. The van der Waals surface area contributed by atoms with Gasteiger partial charge < -0.3 is 19.6 Å². The lowest BCUT2D eigenvalue weighted by Crippen LogP contribution is -3.06. The Morgan fingerprint density at radius 1 is 1.11 bits per heavy atom. The number of hydrogen-bond acceptors (Lipinski definition) is 4. The minimum absolute atomic E-state index is 0.109. The summed E-state index contributed by atoms with van der Waals surface area (Å²) in [6, 6.07) is 15.4. The minimum atomic E-state index is -0.664. The Morgan fingerprint density at radius 3 is 2.46 bits per heavy atom. The summed E-state index contributed by atoms with van der Waals surface area (Å²) in [4.78, 5) is 28.4. The molecule has 28 heavy (non-hydrogen) atoms. The van der Waals surface area contributed by atoms with Crippen molar-refractivity contribution in [3.8, 4) is 5.75 Å². The van der Waals surface area contributed by atoms with Gasteiger partial charge in [-0.3, -0.25) is 9.59 Å². The van der Waals surface area contributed by atoms with Gasteiger partial charge in [-0.2, -0.15) is 0 Å². The molecule has 1 fully saturated rings. The zero-order valence-electron chi connectivity index (χ0n) is 16.3. The molecule has 0 bridgehead atoms. The average Bonchev–Trinajstić information content (AvgIpc) is 2.97. The first kappa shape index (κ1) is 19.6. The van der Waals surface area contributed by atoms with E-state index in [-0.39, 0.29) is 11.3 Å². The van der Waals surface area contributed by atoms with E-state index in [1.165, 1.54) is 0 Å². The summed E-state index contributed by atoms with van der Waals surface area (Å²) in [5, 5.41) is 10.9. The fourth-order valence-corrected chi connectivity index (χ4v) is 3.36. The van der Waals surface area contributed by atoms with Crippen molar-refractivity contribution in [2.75, 3.05) is 34.3 Å². The molecule has 0 saturated carbocycles. The van der Waals surface area contributed by atoms with Crippen LogP contribution < -0.4 is 9.64 Å². The van der Waals surface area contributed by atoms with E-state index in [9.17, 15) is 14.7 Å². The molecular formula is C22H25N2O4+. The molecule has 0 radical (unpaired) electrons. The number of amides is 1. The van der Waals surface area contributed by atoms with Gasteiger partial charge in [0.1, 0.15) is 11.5 Å². The van der Waals surface area contributed by atoms with Crippen molar-refractivity contribution in [1.29, 1.82) is 0 Å². The van der Waals surface area contributed by atoms with E-state index >= 15 is 0 Å². The van der Waals surface area contributed by atoms with Crippen molar-refractivity contribution in [3.63, 3.8) is 0 Å². The number of Topliss-reactive ketones (excluding diaryl/α,β-unsaturated/α-hetero) is 1. The molecule has 2 N–H and O–H groups in total. The number of rotatable bonds is 6. The Kier molecular flexibility index (Phi) is 5.80. The lowest BCUT2D eigenvalue weighted by molar-refractivity contribution is -0.857. The van der Waals surface area contributed by atoms with Crippen LogP contribution in [-0.4, -0.2) is 56.0 Å². The number of aliphatic hydroxyl groups excluding tert-OH is 1. The molecule has 6 nitrogen and oxygen atoms in total. The molecule has 1 heterocycles. The van der Waals surface area contributed by atoms with Gasteiger partial charge in [0.2, 0.25) is 0 Å². The van der Waals surface area contributed by atoms with Gasteiger partial charge in [0.25, 0.3) is 11.7 Å². The van der Waals surface area contributed by atoms with Gasteiger partial charge >= 0.3 is 0 Å². The highest BCUT2D eigenvalue weighted by Crippen LogP contribution is 2.39. The highest BCUT2D eigenvalue weighted by molar-refractivity contribution is 6.46. The average molecular weight is 381 g/mol. The fourth-order valence-electron chi connectivity index (χ4n) is 3.36. The third kappa shape index (κ3) is 3.77. The number of methoxy groups -OCH3 is 1. The second-order valence-electron chi connectivity index (χ2n) is 7.09. The summed E-state index contributed by atoms with van der Waals surface area (Å²) in [5.74, 6) is -0.790. The molecule has 0 spiro atoms. The van der Waals surface area contributed by atoms with E-state index in [0.29, 0.717) is 24.4 Å². The maximum absolute atomic E-state index is 12.9. The molecule has 2 aromatic carbocycles. The van der Waals surface area contributed by atoms with Gasteiger partial charge in [-0.25, -0.2) is 0 Å². The second kappa shape index (κ2) is 8.27. The number of benzene rings is 2. The number of quaternary nitrogens is 1. The van der Waals surface area contributed by atoms with Crippen LogP contribution in [0.2, 0.25) is 0 Å². The highest BCUT2D eigenvalue weighted by atomic mass is 16.5. The van der Waals surface area contributed by atoms with Crippen LogP contribution in [0, 0.1) is 0 Å². The Bertz CT molecular complexity index is 906. The van der Waals surface area contributed by atoms with Gasteiger partial charge in [-0.05, 0) is 17.7 Å². The topological polar surface area (TPSA) is 71.3 Å². The monoisotopic (exact) mass is 381 g/mol. The third-order valence-corrected chi connectivity index (χ3v) is 4.85. The summed E-state index contributed by atoms with van der Waals surface area (Å²) in [6.07, 6.45) is 0. The second-order valence-corrected chi connectivity index (χ2v) is 7.09. The van der Waals surface area contributed by atoms with E-state index < -0.39 is 17.7 Å². The number of likely N-dealkylation sites (tertiary alicyclic amines) is 1. The smallest absolute Gasteiger partial charge is 0.295 e. The number of hydrogen-bond donors (Lipinski definition) is 2. The fraction of sp³-hybridized carbons (Fsp3) is 0.273. The molecule has 0 aliphatic carbocycles. The van der Waals surface area contributed by atoms with E-state index in [2.05, 4.69) is 0 Å². The van der Waals surface area contributed by atoms with E-state index in [4.69, 9.17) is 4.74 Å². The van der Waals surface area contributed by atoms with Crippen LogP contribution in [0.4, 0.5) is 0 Å². The summed E-state index contributed by atoms with van der Waals surface area (Å²) in [6.45, 7) is 1.08. The molecule has 1 unspecified atom stereocenters. The molecule has 1 aliphatic rings. The highest BCUT2D eigenvalue weighted by Gasteiger charge is 2.46. The molecule has 2 aromatic rings. The first-order valence-corrected chi connectivity index (χ1v) is 9.21. The van der Waals surface area contributed by atoms with Crippen LogP contribution in [0.25, 0.3) is 5.76 Å². The number of ketones is 1. The lowest BCUT2D eigenvalue weighted by Gasteiger charge is -2.25. The number of aliphatic hydroxyl groups is 1. The van der Waals surface area contributed by atoms with E-state index in [1.807, 2.05) is 32.3 Å². The van der Waals surface area contributed by atoms with Crippen LogP contribution in [0.5, 0.6) is 5.75 Å². The Balaban J connectivity index is 2.15. The maximum Gasteiger partial charge on any atom is 0.295 e. The molecule has 1 atom stereocenters. The van der Waals surface area contributed by atoms with Crippen molar-refractivity contribution < 1.29 is 24.3 Å². The van der Waals surface area contributed by atoms with Gasteiger partial charge in [0.05, 0.1) is 45.9 Å². The first-order chi connectivity index (χ1) is 13.4. The Labute approximate surface area is 164 Å². The summed E-state index contributed by atoms with van der Waals surface area (Å²) < 4.78 is 5.31. The van der Waals surface area contributed by atoms with Crippen molar-refractivity contribution in [2.45, 2.75) is 6.04 Å². The quantitative estimate of drug-likeness (QED) is 0.449. The molecular weight excluding hydrogens is 356 g/mol. The number of nitrogens with one attached hydrogen (secondary N) is 1. The molecule has 6 heteroatoms. The zero-order chi connectivity index (χ0) is 20.3. The van der Waals surface area contributed by atoms with Crippen LogP contribution in [-0.2, 0) is 9.59 Å². The Hall–Kier alpha value is -3.12. The van der Waals surface area contributed by atoms with Gasteiger partial charge in [-0.1, -0.05) is 42.5 Å². The molecule has 1 saturated heterocycles. The maximum atomic E-state index is 12.9. The number of ether oxygens (including phenoxy) is 1. The number of nitrogens with zero attached hydrogens (tertiary/aromatic N) is 1. The number of carbonyl (C=O) groups excluding carboxylic acids is 2. The van der Waals surface area contributed by atoms with Gasteiger partial charge in [0, 0.05) is 5.56 Å². The third-order valence-electron chi connectivity index (χ3n) is 4.85. The summed E-state index contributed by atoms with van der Waals surface area (Å²) in [5.41, 5.74) is 1.34. The van der Waals surface area contributed by atoms with Crippen molar-refractivity contribution in [2.24, 2.45) is 0 Å². The predicted octanol–water partition coefficient (Wildman–Crippen LogP) is 1.26. The summed E-state index contributed by atoms with van der Waals surface area (Å²) in [7, 11) is 5.54. The van der Waals surface area contributed by atoms with Crippen molar-refractivity contribution in [3.05, 3.63) is 71.3 Å². The number of likely N-dealkylation sites (N-methyl/N-ethyl adjacent to an activating group) is 1. The normalized spacial score (nSPS) is 18.7. The predicted molar refractivity (Wildman–Crippen MR) is 106 cm³/mol. The first-order valence-electron chi connectivity index (χ1n) is 9.21. The van der Waals surface area contributed by atoms with Crippen molar-refractivity contribution in [1.82, 2.24) is 4.90 Å². The van der Waals surface area contributed by atoms with Crippen LogP contribution in [0.1, 0.15) is 17.2 Å². The van der Waals surface area contributed by atoms with E-state index in [0.717, 1.165) is 10.5 Å². The Morgan fingerprint density at radius 2 is 1.82 bits per heavy atom. The zero-order valence-corrected chi connectivity index (χ0v) is 16.3. The molecule has 1 aliphatic heterocycles. The lowest BCUT2D eigenvalue weighted by atomic mass is 9.95. The molecule has 1 amide bonds. The van der Waals surface area contributed by atoms with Crippen molar-refractivity contribution >= 4 is 17.4 Å². The number of carbonyl (C=O) groups is 2. The molecule has 0 aromatic heterocycles. The largest absolute Gasteiger partial charge is 0.507 e. The van der Waals surface area contributed by atoms with E-state index in [1.54, 1.807) is 48.4 Å². The summed E-state index contributed by atoms with van der Waals surface area (Å²) >= 11 is 0. The van der Waals surface area contributed by atoms with Gasteiger partial charge in [-0.15, -0.1) is 0 Å². The SMILES string of the molecule is COc1cccc(C2C(=C(O)c3ccccc3)C(=O)C(=O)N2CC[NH+](C)C)c1. The van der Waals surface area contributed by atoms with Crippen LogP contribution in [0.3, 0.4) is 0 Å². The minimum Gasteiger partial charge on any atom is -0.507 e. The molecule has 146 valence electrons.